The molecular formula is C15H17F3N4O2. The molecule has 130 valence electrons. The van der Waals surface area contributed by atoms with Crippen LogP contribution in [0.25, 0.3) is 11.3 Å². The fourth-order valence-corrected chi connectivity index (χ4v) is 1.74. The molecule has 0 amide bonds. The normalized spacial score (nSPS) is 12.2. The zero-order valence-electron chi connectivity index (χ0n) is 13.4. The Morgan fingerprint density at radius 2 is 2.00 bits per heavy atom. The van der Waals surface area contributed by atoms with Crippen LogP contribution in [-0.4, -0.2) is 21.1 Å². The molecular weight excluding hydrogens is 325 g/mol. The van der Waals surface area contributed by atoms with Gasteiger partial charge in [-0.15, -0.1) is 5.10 Å². The van der Waals surface area contributed by atoms with Gasteiger partial charge in [0.05, 0.1) is 17.2 Å². The van der Waals surface area contributed by atoms with Crippen LogP contribution >= 0.6 is 0 Å². The van der Waals surface area contributed by atoms with Gasteiger partial charge in [-0.05, 0) is 37.6 Å². The van der Waals surface area contributed by atoms with Gasteiger partial charge in [-0.3, -0.25) is 0 Å². The lowest BCUT2D eigenvalue weighted by Gasteiger charge is -2.18. The van der Waals surface area contributed by atoms with Crippen molar-refractivity contribution in [2.45, 2.75) is 33.4 Å². The number of carbonyl (C=O) groups is 1. The van der Waals surface area contributed by atoms with Gasteiger partial charge in [0.15, 0.2) is 0 Å². The monoisotopic (exact) mass is 342 g/mol. The maximum Gasteiger partial charge on any atom is 0.418 e. The van der Waals surface area contributed by atoms with E-state index in [2.05, 4.69) is 10.3 Å². The van der Waals surface area contributed by atoms with E-state index in [0.29, 0.717) is 6.42 Å². The van der Waals surface area contributed by atoms with Gasteiger partial charge in [0.2, 0.25) is 0 Å². The number of aromatic nitrogens is 3. The maximum atomic E-state index is 12.9. The summed E-state index contributed by atoms with van der Waals surface area (Å²) in [4.78, 5) is 17.8. The van der Waals surface area contributed by atoms with Gasteiger partial charge >= 0.3 is 12.1 Å². The van der Waals surface area contributed by atoms with Crippen LogP contribution in [0.2, 0.25) is 0 Å². The molecule has 0 radical (unpaired) electrons. The van der Waals surface area contributed by atoms with Gasteiger partial charge in [0.1, 0.15) is 5.69 Å². The van der Waals surface area contributed by atoms with Gasteiger partial charge in [0.25, 0.3) is 0 Å². The van der Waals surface area contributed by atoms with Crippen molar-refractivity contribution in [3.8, 4) is 11.3 Å². The number of benzene rings is 1. The SMILES string of the molecule is CCC(C)(C)C(=O)On1cc(-c2ccc(N)c(C(F)(F)F)c2)nn1. The molecule has 24 heavy (non-hydrogen) atoms. The van der Waals surface area contributed by atoms with Gasteiger partial charge in [-0.2, -0.15) is 13.2 Å². The topological polar surface area (TPSA) is 83.0 Å². The van der Waals surface area contributed by atoms with Crippen LogP contribution in [0.4, 0.5) is 18.9 Å². The minimum atomic E-state index is -4.58. The van der Waals surface area contributed by atoms with Crippen molar-refractivity contribution in [1.82, 2.24) is 15.2 Å². The lowest BCUT2D eigenvalue weighted by Crippen LogP contribution is -2.33. The first-order chi connectivity index (χ1) is 11.0. The number of nitrogens with two attached hydrogens (primary N) is 1. The predicted octanol–water partition coefficient (Wildman–Crippen LogP) is 2.94. The number of nitrogens with zero attached hydrogens (tertiary/aromatic N) is 3. The molecule has 0 saturated carbocycles. The molecule has 6 nitrogen and oxygen atoms in total. The van der Waals surface area contributed by atoms with Crippen LogP contribution in [0.15, 0.2) is 24.4 Å². The highest BCUT2D eigenvalue weighted by Gasteiger charge is 2.33. The molecule has 0 aliphatic carbocycles. The summed E-state index contributed by atoms with van der Waals surface area (Å²) in [5.41, 5.74) is 3.59. The molecule has 2 aromatic rings. The second-order valence-electron chi connectivity index (χ2n) is 5.92. The maximum absolute atomic E-state index is 12.9. The zero-order valence-corrected chi connectivity index (χ0v) is 13.4. The Hall–Kier alpha value is -2.58. The van der Waals surface area contributed by atoms with Crippen LogP contribution in [-0.2, 0) is 11.0 Å². The van der Waals surface area contributed by atoms with Crippen LogP contribution < -0.4 is 10.6 Å². The van der Waals surface area contributed by atoms with Crippen molar-refractivity contribution in [1.29, 1.82) is 0 Å². The highest BCUT2D eigenvalue weighted by Crippen LogP contribution is 2.35. The Morgan fingerprint density at radius 3 is 2.58 bits per heavy atom. The molecule has 1 aromatic carbocycles. The molecule has 0 fully saturated rings. The number of anilines is 1. The molecule has 0 bridgehead atoms. The quantitative estimate of drug-likeness (QED) is 0.682. The standard InChI is InChI=1S/C15H17F3N4O2/c1-4-14(2,3)13(23)24-22-8-12(20-21-22)9-5-6-11(19)10(7-9)15(16,17)18/h5-8H,4,19H2,1-3H3. The third-order valence-corrected chi connectivity index (χ3v) is 3.74. The molecule has 1 aromatic heterocycles. The highest BCUT2D eigenvalue weighted by atomic mass is 19.4. The van der Waals surface area contributed by atoms with E-state index in [1.165, 1.54) is 12.3 Å². The minimum Gasteiger partial charge on any atom is -0.398 e. The smallest absolute Gasteiger partial charge is 0.398 e. The van der Waals surface area contributed by atoms with Crippen molar-refractivity contribution in [2.24, 2.45) is 5.41 Å². The van der Waals surface area contributed by atoms with E-state index in [1.54, 1.807) is 13.8 Å². The lowest BCUT2D eigenvalue weighted by molar-refractivity contribution is -0.156. The average molecular weight is 342 g/mol. The number of hydrogen-bond acceptors (Lipinski definition) is 5. The summed E-state index contributed by atoms with van der Waals surface area (Å²) < 4.78 is 38.7. The van der Waals surface area contributed by atoms with Crippen molar-refractivity contribution in [3.63, 3.8) is 0 Å². The Bertz CT molecular complexity index is 753. The molecule has 0 aliphatic heterocycles. The first-order valence-corrected chi connectivity index (χ1v) is 7.17. The van der Waals surface area contributed by atoms with E-state index in [9.17, 15) is 18.0 Å². The first kappa shape index (κ1) is 17.8. The second kappa shape index (κ2) is 6.14. The molecule has 0 aliphatic rings. The summed E-state index contributed by atoms with van der Waals surface area (Å²) in [5.74, 6) is -0.519. The van der Waals surface area contributed by atoms with E-state index in [1.807, 2.05) is 6.92 Å². The average Bonchev–Trinajstić information content (AvgIpc) is 2.95. The lowest BCUT2D eigenvalue weighted by atomic mass is 9.91. The van der Waals surface area contributed by atoms with Gasteiger partial charge in [-0.1, -0.05) is 17.8 Å². The summed E-state index contributed by atoms with van der Waals surface area (Å²) in [7, 11) is 0. The summed E-state index contributed by atoms with van der Waals surface area (Å²) >= 11 is 0. The first-order valence-electron chi connectivity index (χ1n) is 7.17. The van der Waals surface area contributed by atoms with Crippen molar-refractivity contribution >= 4 is 11.7 Å². The minimum absolute atomic E-state index is 0.127. The van der Waals surface area contributed by atoms with Crippen LogP contribution in [0.3, 0.4) is 0 Å². The number of rotatable bonds is 4. The van der Waals surface area contributed by atoms with Gasteiger partial charge in [-0.25, -0.2) is 4.79 Å². The summed E-state index contributed by atoms with van der Waals surface area (Å²) in [6, 6.07) is 3.40. The van der Waals surface area contributed by atoms with E-state index >= 15 is 0 Å². The Balaban J connectivity index is 2.27. The third-order valence-electron chi connectivity index (χ3n) is 3.74. The predicted molar refractivity (Wildman–Crippen MR) is 80.5 cm³/mol. The number of nitrogen functional groups attached to an aromatic ring is 1. The Labute approximate surface area is 136 Å². The molecule has 1 heterocycles. The van der Waals surface area contributed by atoms with Crippen LogP contribution in [0, 0.1) is 5.41 Å². The van der Waals surface area contributed by atoms with E-state index < -0.39 is 23.1 Å². The number of hydrogen-bond donors (Lipinski definition) is 1. The van der Waals surface area contributed by atoms with E-state index in [-0.39, 0.29) is 16.9 Å². The van der Waals surface area contributed by atoms with Crippen molar-refractivity contribution in [3.05, 3.63) is 30.0 Å². The largest absolute Gasteiger partial charge is 0.418 e. The fourth-order valence-electron chi connectivity index (χ4n) is 1.74. The zero-order chi connectivity index (χ0) is 18.1. The second-order valence-corrected chi connectivity index (χ2v) is 5.92. The van der Waals surface area contributed by atoms with Crippen LogP contribution in [0.1, 0.15) is 32.8 Å². The molecule has 9 heteroatoms. The molecule has 0 saturated heterocycles. The molecule has 0 atom stereocenters. The Morgan fingerprint density at radius 1 is 1.33 bits per heavy atom. The number of alkyl halides is 3. The van der Waals surface area contributed by atoms with Crippen LogP contribution in [0.5, 0.6) is 0 Å². The number of halogens is 3. The van der Waals surface area contributed by atoms with Gasteiger partial charge < -0.3 is 10.6 Å². The summed E-state index contributed by atoms with van der Waals surface area (Å²) in [6.45, 7) is 5.26. The van der Waals surface area contributed by atoms with Crippen molar-refractivity contribution in [2.75, 3.05) is 5.73 Å². The fraction of sp³-hybridized carbons (Fsp3) is 0.400. The summed E-state index contributed by atoms with van der Waals surface area (Å²) in [5, 5.41) is 7.33. The third kappa shape index (κ3) is 3.66. The van der Waals surface area contributed by atoms with Gasteiger partial charge in [0, 0.05) is 11.3 Å². The number of carbonyl (C=O) groups excluding carboxylic acids is 1. The molecule has 2 N–H and O–H groups in total. The van der Waals surface area contributed by atoms with E-state index in [4.69, 9.17) is 10.6 Å². The summed E-state index contributed by atoms with van der Waals surface area (Å²) in [6.07, 6.45) is -2.79. The van der Waals surface area contributed by atoms with E-state index in [0.717, 1.165) is 17.0 Å². The molecule has 2 rings (SSSR count). The molecule has 0 unspecified atom stereocenters. The van der Waals surface area contributed by atoms with Crippen molar-refractivity contribution < 1.29 is 22.8 Å². The highest BCUT2D eigenvalue weighted by molar-refractivity contribution is 5.76. The Kier molecular flexibility index (Phi) is 4.54. The molecule has 0 spiro atoms.